The van der Waals surface area contributed by atoms with Gasteiger partial charge in [-0.1, -0.05) is 23.7 Å². The zero-order chi connectivity index (χ0) is 11.5. The Morgan fingerprint density at radius 2 is 2.12 bits per heavy atom. The van der Waals surface area contributed by atoms with E-state index in [1.807, 2.05) is 0 Å². The van der Waals surface area contributed by atoms with Crippen molar-refractivity contribution in [3.8, 4) is 11.3 Å². The van der Waals surface area contributed by atoms with E-state index in [9.17, 15) is 4.79 Å². The van der Waals surface area contributed by atoms with Crippen LogP contribution in [0.25, 0.3) is 11.3 Å². The third-order valence-corrected chi connectivity index (χ3v) is 2.21. The maximum absolute atomic E-state index is 10.7. The zero-order valence-corrected chi connectivity index (χ0v) is 8.85. The Morgan fingerprint density at radius 1 is 1.31 bits per heavy atom. The van der Waals surface area contributed by atoms with Gasteiger partial charge >= 0.3 is 5.97 Å². The van der Waals surface area contributed by atoms with Gasteiger partial charge < -0.3 is 5.11 Å². The highest BCUT2D eigenvalue weighted by atomic mass is 35.5. The van der Waals surface area contributed by atoms with E-state index in [4.69, 9.17) is 16.7 Å². The number of carbonyl (C=O) groups is 1. The van der Waals surface area contributed by atoms with Crippen molar-refractivity contribution in [2.75, 3.05) is 0 Å². The summed E-state index contributed by atoms with van der Waals surface area (Å²) in [5.74, 6) is -1.10. The lowest BCUT2D eigenvalue weighted by atomic mass is 10.1. The van der Waals surface area contributed by atoms with E-state index in [2.05, 4.69) is 9.97 Å². The van der Waals surface area contributed by atoms with Gasteiger partial charge in [-0.3, -0.25) is 4.98 Å². The molecule has 2 aromatic rings. The first kappa shape index (κ1) is 10.6. The summed E-state index contributed by atoms with van der Waals surface area (Å²) in [5, 5.41) is 9.35. The fourth-order valence-electron chi connectivity index (χ4n) is 1.26. The third kappa shape index (κ3) is 2.17. The van der Waals surface area contributed by atoms with Gasteiger partial charge in [0.25, 0.3) is 0 Å². The van der Waals surface area contributed by atoms with Crippen LogP contribution in [-0.4, -0.2) is 21.0 Å². The number of aromatic nitrogens is 2. The SMILES string of the molecule is O=C(O)c1cncc(-c2cccc(Cl)c2)n1. The molecule has 1 aromatic heterocycles. The largest absolute Gasteiger partial charge is 0.476 e. The fraction of sp³-hybridized carbons (Fsp3) is 0. The number of hydrogen-bond acceptors (Lipinski definition) is 3. The molecule has 0 atom stereocenters. The van der Waals surface area contributed by atoms with Crippen molar-refractivity contribution in [2.24, 2.45) is 0 Å². The summed E-state index contributed by atoms with van der Waals surface area (Å²) in [6.45, 7) is 0. The Kier molecular flexibility index (Phi) is 2.83. The number of nitrogens with zero attached hydrogens (tertiary/aromatic N) is 2. The van der Waals surface area contributed by atoms with Crippen molar-refractivity contribution in [3.63, 3.8) is 0 Å². The number of halogens is 1. The number of aromatic carboxylic acids is 1. The molecule has 0 aliphatic carbocycles. The zero-order valence-electron chi connectivity index (χ0n) is 8.09. The molecule has 0 bridgehead atoms. The first-order valence-electron chi connectivity index (χ1n) is 4.48. The van der Waals surface area contributed by atoms with Crippen LogP contribution in [-0.2, 0) is 0 Å². The summed E-state index contributed by atoms with van der Waals surface area (Å²) in [6.07, 6.45) is 2.70. The molecule has 0 unspecified atom stereocenters. The first-order valence-corrected chi connectivity index (χ1v) is 4.86. The lowest BCUT2D eigenvalue weighted by molar-refractivity contribution is 0.0690. The molecule has 0 amide bonds. The number of carboxylic acid groups (broad SMARTS) is 1. The predicted octanol–water partition coefficient (Wildman–Crippen LogP) is 2.50. The number of hydrogen-bond donors (Lipinski definition) is 1. The summed E-state index contributed by atoms with van der Waals surface area (Å²) in [5.41, 5.74) is 1.14. The highest BCUT2D eigenvalue weighted by molar-refractivity contribution is 6.30. The molecule has 0 aliphatic rings. The summed E-state index contributed by atoms with van der Waals surface area (Å²) >= 11 is 5.83. The maximum Gasteiger partial charge on any atom is 0.356 e. The van der Waals surface area contributed by atoms with E-state index < -0.39 is 5.97 Å². The number of carboxylic acids is 1. The highest BCUT2D eigenvalue weighted by Crippen LogP contribution is 2.20. The molecular formula is C11H7ClN2O2. The molecule has 2 rings (SSSR count). The Hall–Kier alpha value is -1.94. The molecule has 16 heavy (non-hydrogen) atoms. The smallest absolute Gasteiger partial charge is 0.356 e. The van der Waals surface area contributed by atoms with Gasteiger partial charge in [-0.25, -0.2) is 9.78 Å². The maximum atomic E-state index is 10.7. The molecule has 0 fully saturated rings. The van der Waals surface area contributed by atoms with E-state index in [0.717, 1.165) is 5.56 Å². The van der Waals surface area contributed by atoms with Crippen LogP contribution in [0.15, 0.2) is 36.7 Å². The van der Waals surface area contributed by atoms with Gasteiger partial charge in [-0.2, -0.15) is 0 Å². The molecule has 0 saturated carbocycles. The van der Waals surface area contributed by atoms with Crippen LogP contribution in [0.3, 0.4) is 0 Å². The minimum absolute atomic E-state index is 0.0857. The van der Waals surface area contributed by atoms with Crippen molar-refractivity contribution in [3.05, 3.63) is 47.4 Å². The van der Waals surface area contributed by atoms with Gasteiger partial charge in [0.15, 0.2) is 5.69 Å². The van der Waals surface area contributed by atoms with Crippen LogP contribution >= 0.6 is 11.6 Å². The normalized spacial score (nSPS) is 10.1. The minimum Gasteiger partial charge on any atom is -0.476 e. The van der Waals surface area contributed by atoms with Crippen molar-refractivity contribution in [1.29, 1.82) is 0 Å². The molecule has 1 N–H and O–H groups in total. The second-order valence-corrected chi connectivity index (χ2v) is 3.54. The average molecular weight is 235 g/mol. The molecule has 0 aliphatic heterocycles. The highest BCUT2D eigenvalue weighted by Gasteiger charge is 2.07. The monoisotopic (exact) mass is 234 g/mol. The third-order valence-electron chi connectivity index (χ3n) is 1.97. The molecule has 1 aromatic carbocycles. The molecule has 80 valence electrons. The minimum atomic E-state index is -1.10. The van der Waals surface area contributed by atoms with Gasteiger partial charge in [-0.15, -0.1) is 0 Å². The quantitative estimate of drug-likeness (QED) is 0.867. The van der Waals surface area contributed by atoms with Crippen molar-refractivity contribution >= 4 is 17.6 Å². The molecular weight excluding hydrogens is 228 g/mol. The summed E-state index contributed by atoms with van der Waals surface area (Å²) in [4.78, 5) is 18.5. The second-order valence-electron chi connectivity index (χ2n) is 3.11. The molecule has 0 spiro atoms. The van der Waals surface area contributed by atoms with E-state index >= 15 is 0 Å². The molecule has 0 radical (unpaired) electrons. The summed E-state index contributed by atoms with van der Waals surface area (Å²) < 4.78 is 0. The van der Waals surface area contributed by atoms with E-state index in [0.29, 0.717) is 10.7 Å². The molecule has 4 nitrogen and oxygen atoms in total. The Labute approximate surface area is 96.6 Å². The predicted molar refractivity (Wildman–Crippen MR) is 59.4 cm³/mol. The Bertz CT molecular complexity index is 543. The van der Waals surface area contributed by atoms with Crippen LogP contribution in [0.2, 0.25) is 5.02 Å². The first-order chi connectivity index (χ1) is 7.66. The fourth-order valence-corrected chi connectivity index (χ4v) is 1.45. The molecule has 1 heterocycles. The summed E-state index contributed by atoms with van der Waals surface area (Å²) in [6, 6.07) is 7.01. The molecule has 5 heteroatoms. The van der Waals surface area contributed by atoms with Gasteiger partial charge in [0, 0.05) is 10.6 Å². The van der Waals surface area contributed by atoms with Crippen molar-refractivity contribution in [1.82, 2.24) is 9.97 Å². The Morgan fingerprint density at radius 3 is 2.81 bits per heavy atom. The van der Waals surface area contributed by atoms with Crippen LogP contribution in [0, 0.1) is 0 Å². The van der Waals surface area contributed by atoms with Gasteiger partial charge in [0.05, 0.1) is 18.1 Å². The van der Waals surface area contributed by atoms with E-state index in [1.54, 1.807) is 24.3 Å². The van der Waals surface area contributed by atoms with Crippen LogP contribution in [0.5, 0.6) is 0 Å². The number of benzene rings is 1. The topological polar surface area (TPSA) is 63.1 Å². The van der Waals surface area contributed by atoms with Crippen LogP contribution in [0.4, 0.5) is 0 Å². The Balaban J connectivity index is 2.48. The standard InChI is InChI=1S/C11H7ClN2O2/c12-8-3-1-2-7(4-8)9-5-13-6-10(14-9)11(15)16/h1-6H,(H,15,16). The summed E-state index contributed by atoms with van der Waals surface area (Å²) in [7, 11) is 0. The average Bonchev–Trinajstić information content (AvgIpc) is 2.29. The van der Waals surface area contributed by atoms with Gasteiger partial charge in [0.2, 0.25) is 0 Å². The lowest BCUT2D eigenvalue weighted by Crippen LogP contribution is -2.01. The van der Waals surface area contributed by atoms with Crippen molar-refractivity contribution < 1.29 is 9.90 Å². The molecule has 0 saturated heterocycles. The lowest BCUT2D eigenvalue weighted by Gasteiger charge is -2.01. The second kappa shape index (κ2) is 4.28. The number of rotatable bonds is 2. The van der Waals surface area contributed by atoms with Gasteiger partial charge in [0.1, 0.15) is 0 Å². The van der Waals surface area contributed by atoms with Gasteiger partial charge in [-0.05, 0) is 12.1 Å². The van der Waals surface area contributed by atoms with Crippen LogP contribution < -0.4 is 0 Å². The van der Waals surface area contributed by atoms with Crippen LogP contribution in [0.1, 0.15) is 10.5 Å². The van der Waals surface area contributed by atoms with E-state index in [1.165, 1.54) is 12.4 Å². The van der Waals surface area contributed by atoms with E-state index in [-0.39, 0.29) is 5.69 Å². The van der Waals surface area contributed by atoms with Crippen molar-refractivity contribution in [2.45, 2.75) is 0 Å².